The molecule has 0 aliphatic carbocycles. The van der Waals surface area contributed by atoms with Gasteiger partial charge < -0.3 is 8.83 Å². The Hall–Kier alpha value is -2.03. The van der Waals surface area contributed by atoms with Crippen LogP contribution in [0.25, 0.3) is 21.9 Å². The highest BCUT2D eigenvalue weighted by Crippen LogP contribution is 2.31. The Kier molecular flexibility index (Phi) is 2.30. The molecule has 18 heavy (non-hydrogen) atoms. The first kappa shape index (κ1) is 11.1. The van der Waals surface area contributed by atoms with Crippen molar-refractivity contribution in [2.24, 2.45) is 0 Å². The van der Waals surface area contributed by atoms with Gasteiger partial charge in [-0.25, -0.2) is 4.79 Å². The maximum Gasteiger partial charge on any atom is 0.336 e. The van der Waals surface area contributed by atoms with Gasteiger partial charge in [-0.3, -0.25) is 0 Å². The highest BCUT2D eigenvalue weighted by molar-refractivity contribution is 5.99. The lowest BCUT2D eigenvalue weighted by Gasteiger charge is -2.06. The molecule has 0 amide bonds. The Morgan fingerprint density at radius 1 is 1.11 bits per heavy atom. The normalized spacial score (nSPS) is 11.5. The van der Waals surface area contributed by atoms with Crippen LogP contribution in [0.3, 0.4) is 0 Å². The summed E-state index contributed by atoms with van der Waals surface area (Å²) in [6.45, 7) is 5.98. The summed E-state index contributed by atoms with van der Waals surface area (Å²) in [6.07, 6.45) is 2.55. The smallest absolute Gasteiger partial charge is 0.336 e. The van der Waals surface area contributed by atoms with E-state index in [2.05, 4.69) is 6.07 Å². The molecule has 1 aromatic carbocycles. The maximum atomic E-state index is 11.6. The van der Waals surface area contributed by atoms with E-state index in [-0.39, 0.29) is 5.63 Å². The quantitative estimate of drug-likeness (QED) is 0.611. The first-order chi connectivity index (χ1) is 8.61. The summed E-state index contributed by atoms with van der Waals surface area (Å²) in [5.41, 5.74) is 4.15. The summed E-state index contributed by atoms with van der Waals surface area (Å²) in [4.78, 5) is 11.6. The van der Waals surface area contributed by atoms with E-state index in [1.165, 1.54) is 0 Å². The minimum Gasteiger partial charge on any atom is -0.464 e. The van der Waals surface area contributed by atoms with Crippen LogP contribution in [-0.2, 0) is 6.42 Å². The molecule has 2 aromatic heterocycles. The molecule has 3 rings (SSSR count). The number of aryl methyl sites for hydroxylation is 3. The minimum atomic E-state index is -0.301. The zero-order valence-electron chi connectivity index (χ0n) is 10.7. The molecule has 0 bridgehead atoms. The Labute approximate surface area is 104 Å². The van der Waals surface area contributed by atoms with Gasteiger partial charge in [0, 0.05) is 22.4 Å². The summed E-state index contributed by atoms with van der Waals surface area (Å²) in [5.74, 6) is 0. The molecule has 0 N–H and O–H groups in total. The molecule has 3 heteroatoms. The largest absolute Gasteiger partial charge is 0.464 e. The van der Waals surface area contributed by atoms with Gasteiger partial charge in [-0.15, -0.1) is 0 Å². The number of furan rings is 1. The van der Waals surface area contributed by atoms with E-state index in [0.29, 0.717) is 5.58 Å². The van der Waals surface area contributed by atoms with E-state index in [0.717, 1.165) is 39.5 Å². The third-order valence-corrected chi connectivity index (χ3v) is 3.46. The summed E-state index contributed by atoms with van der Waals surface area (Å²) in [5, 5.41) is 2.09. The molecule has 0 atom stereocenters. The van der Waals surface area contributed by atoms with Gasteiger partial charge in [-0.05, 0) is 37.5 Å². The van der Waals surface area contributed by atoms with Crippen LogP contribution in [0.15, 0.2) is 32.0 Å². The molecule has 2 heterocycles. The summed E-state index contributed by atoms with van der Waals surface area (Å²) < 4.78 is 10.9. The Bertz CT molecular complexity index is 806. The molecular weight excluding hydrogens is 228 g/mol. The van der Waals surface area contributed by atoms with E-state index in [9.17, 15) is 4.79 Å². The lowest BCUT2D eigenvalue weighted by Crippen LogP contribution is -2.01. The number of hydrogen-bond donors (Lipinski definition) is 0. The van der Waals surface area contributed by atoms with Crippen LogP contribution in [0.4, 0.5) is 0 Å². The van der Waals surface area contributed by atoms with Crippen molar-refractivity contribution in [3.8, 4) is 0 Å². The van der Waals surface area contributed by atoms with Crippen molar-refractivity contribution in [1.82, 2.24) is 0 Å². The van der Waals surface area contributed by atoms with Gasteiger partial charge in [0.15, 0.2) is 0 Å². The van der Waals surface area contributed by atoms with Crippen LogP contribution in [-0.4, -0.2) is 0 Å². The second-order valence-electron chi connectivity index (χ2n) is 4.62. The number of benzene rings is 1. The molecule has 0 unspecified atom stereocenters. The molecular formula is C15H14O3. The van der Waals surface area contributed by atoms with Crippen LogP contribution in [0, 0.1) is 13.8 Å². The van der Waals surface area contributed by atoms with Gasteiger partial charge >= 0.3 is 5.63 Å². The standard InChI is InChI=1S/C15H14O3/c1-4-10-5-13(16)18-15-9(3)14-11(6-12(10)15)8(2)7-17-14/h5-7H,4H2,1-3H3. The predicted octanol–water partition coefficient (Wildman–Crippen LogP) is 3.72. The highest BCUT2D eigenvalue weighted by Gasteiger charge is 2.13. The van der Waals surface area contributed by atoms with E-state index in [1.807, 2.05) is 20.8 Å². The van der Waals surface area contributed by atoms with Gasteiger partial charge in [0.25, 0.3) is 0 Å². The molecule has 0 aliphatic heterocycles. The summed E-state index contributed by atoms with van der Waals surface area (Å²) >= 11 is 0. The van der Waals surface area contributed by atoms with Gasteiger partial charge in [-0.1, -0.05) is 6.92 Å². The number of rotatable bonds is 1. The first-order valence-electron chi connectivity index (χ1n) is 6.06. The molecule has 3 nitrogen and oxygen atoms in total. The third-order valence-electron chi connectivity index (χ3n) is 3.46. The van der Waals surface area contributed by atoms with E-state index in [1.54, 1.807) is 12.3 Å². The van der Waals surface area contributed by atoms with E-state index in [4.69, 9.17) is 8.83 Å². The first-order valence-corrected chi connectivity index (χ1v) is 6.06. The average Bonchev–Trinajstić information content (AvgIpc) is 2.72. The maximum absolute atomic E-state index is 11.6. The van der Waals surface area contributed by atoms with Crippen LogP contribution in [0.1, 0.15) is 23.6 Å². The van der Waals surface area contributed by atoms with Gasteiger partial charge in [-0.2, -0.15) is 0 Å². The van der Waals surface area contributed by atoms with Crippen molar-refractivity contribution < 1.29 is 8.83 Å². The van der Waals surface area contributed by atoms with Crippen molar-refractivity contribution in [3.63, 3.8) is 0 Å². The lowest BCUT2D eigenvalue weighted by atomic mass is 10.0. The lowest BCUT2D eigenvalue weighted by molar-refractivity contribution is 0.554. The van der Waals surface area contributed by atoms with E-state index >= 15 is 0 Å². The zero-order valence-corrected chi connectivity index (χ0v) is 10.7. The summed E-state index contributed by atoms with van der Waals surface area (Å²) in [7, 11) is 0. The molecule has 0 aliphatic rings. The second-order valence-corrected chi connectivity index (χ2v) is 4.62. The molecule has 0 spiro atoms. The van der Waals surface area contributed by atoms with Gasteiger partial charge in [0.1, 0.15) is 11.2 Å². The van der Waals surface area contributed by atoms with Crippen molar-refractivity contribution in [1.29, 1.82) is 0 Å². The van der Waals surface area contributed by atoms with Gasteiger partial charge in [0.2, 0.25) is 0 Å². The molecule has 3 aromatic rings. The fourth-order valence-electron chi connectivity index (χ4n) is 2.45. The molecule has 0 fully saturated rings. The topological polar surface area (TPSA) is 43.4 Å². The van der Waals surface area contributed by atoms with Gasteiger partial charge in [0.05, 0.1) is 6.26 Å². The highest BCUT2D eigenvalue weighted by atomic mass is 16.4. The molecule has 92 valence electrons. The SMILES string of the molecule is CCc1cc(=O)oc2c(C)c3occ(C)c3cc12. The predicted molar refractivity (Wildman–Crippen MR) is 71.1 cm³/mol. The zero-order chi connectivity index (χ0) is 12.9. The van der Waals surface area contributed by atoms with Crippen LogP contribution >= 0.6 is 0 Å². The summed E-state index contributed by atoms with van der Waals surface area (Å²) in [6, 6.07) is 3.63. The number of fused-ring (bicyclic) bond motifs is 2. The molecule has 0 radical (unpaired) electrons. The van der Waals surface area contributed by atoms with Crippen molar-refractivity contribution in [3.05, 3.63) is 45.5 Å². The van der Waals surface area contributed by atoms with Crippen LogP contribution < -0.4 is 5.63 Å². The van der Waals surface area contributed by atoms with E-state index < -0.39 is 0 Å². The van der Waals surface area contributed by atoms with Crippen molar-refractivity contribution in [2.75, 3.05) is 0 Å². The Morgan fingerprint density at radius 3 is 2.61 bits per heavy atom. The third kappa shape index (κ3) is 1.40. The van der Waals surface area contributed by atoms with Crippen molar-refractivity contribution in [2.45, 2.75) is 27.2 Å². The fourth-order valence-corrected chi connectivity index (χ4v) is 2.45. The Morgan fingerprint density at radius 2 is 1.89 bits per heavy atom. The van der Waals surface area contributed by atoms with Crippen LogP contribution in [0.5, 0.6) is 0 Å². The second kappa shape index (κ2) is 3.73. The monoisotopic (exact) mass is 242 g/mol. The number of hydrogen-bond acceptors (Lipinski definition) is 3. The molecule has 0 saturated carbocycles. The fraction of sp³-hybridized carbons (Fsp3) is 0.267. The Balaban J connectivity index is 2.60. The minimum absolute atomic E-state index is 0.301. The van der Waals surface area contributed by atoms with Crippen LogP contribution in [0.2, 0.25) is 0 Å². The molecule has 0 saturated heterocycles. The van der Waals surface area contributed by atoms with Crippen molar-refractivity contribution >= 4 is 21.9 Å². The average molecular weight is 242 g/mol.